The van der Waals surface area contributed by atoms with Gasteiger partial charge in [0.15, 0.2) is 0 Å². The van der Waals surface area contributed by atoms with Crippen LogP contribution in [0.4, 0.5) is 4.39 Å². The molecule has 1 saturated carbocycles. The highest BCUT2D eigenvalue weighted by molar-refractivity contribution is 7.99. The van der Waals surface area contributed by atoms with E-state index in [0.29, 0.717) is 6.04 Å². The van der Waals surface area contributed by atoms with Gasteiger partial charge in [-0.15, -0.1) is 11.8 Å². The molecule has 1 fully saturated rings. The highest BCUT2D eigenvalue weighted by Gasteiger charge is 2.20. The van der Waals surface area contributed by atoms with Crippen LogP contribution in [-0.2, 0) is 10.5 Å². The van der Waals surface area contributed by atoms with E-state index in [9.17, 15) is 9.18 Å². The molecule has 1 atom stereocenters. The van der Waals surface area contributed by atoms with E-state index in [1.54, 1.807) is 23.9 Å². The summed E-state index contributed by atoms with van der Waals surface area (Å²) in [5.74, 6) is 0.638. The Morgan fingerprint density at radius 3 is 2.63 bits per heavy atom. The van der Waals surface area contributed by atoms with Crippen molar-refractivity contribution in [3.05, 3.63) is 35.6 Å². The molecule has 0 saturated heterocycles. The molecule has 2 rings (SSSR count). The summed E-state index contributed by atoms with van der Waals surface area (Å²) in [5.41, 5.74) is 1.05. The second-order valence-corrected chi connectivity index (χ2v) is 6.40. The third-order valence-electron chi connectivity index (χ3n) is 3.48. The van der Waals surface area contributed by atoms with Gasteiger partial charge in [-0.1, -0.05) is 25.0 Å². The minimum Gasteiger partial charge on any atom is -0.352 e. The SMILES string of the molecule is CC(SCc1ccc(F)cc1)C(=O)NC1CCCC1. The van der Waals surface area contributed by atoms with Gasteiger partial charge in [0.25, 0.3) is 0 Å². The lowest BCUT2D eigenvalue weighted by Crippen LogP contribution is -2.37. The van der Waals surface area contributed by atoms with Crippen LogP contribution in [0.15, 0.2) is 24.3 Å². The Kier molecular flexibility index (Phi) is 5.25. The van der Waals surface area contributed by atoms with Gasteiger partial charge in [0.2, 0.25) is 5.91 Å². The number of hydrogen-bond acceptors (Lipinski definition) is 2. The van der Waals surface area contributed by atoms with E-state index < -0.39 is 0 Å². The van der Waals surface area contributed by atoms with E-state index in [1.165, 1.54) is 25.0 Å². The smallest absolute Gasteiger partial charge is 0.233 e. The normalized spacial score (nSPS) is 17.4. The lowest BCUT2D eigenvalue weighted by atomic mass is 10.2. The number of rotatable bonds is 5. The van der Waals surface area contributed by atoms with Crippen molar-refractivity contribution < 1.29 is 9.18 Å². The van der Waals surface area contributed by atoms with Gasteiger partial charge in [0.05, 0.1) is 5.25 Å². The van der Waals surface area contributed by atoms with Crippen LogP contribution in [0, 0.1) is 5.82 Å². The van der Waals surface area contributed by atoms with Gasteiger partial charge in [0.1, 0.15) is 5.82 Å². The summed E-state index contributed by atoms with van der Waals surface area (Å²) in [5, 5.41) is 3.04. The number of hydrogen-bond donors (Lipinski definition) is 1. The standard InChI is InChI=1S/C15H20FNOS/c1-11(15(18)17-14-4-2-3-5-14)19-10-12-6-8-13(16)9-7-12/h6-9,11,14H,2-5,10H2,1H3,(H,17,18). The summed E-state index contributed by atoms with van der Waals surface area (Å²) in [6, 6.07) is 6.83. The molecular weight excluding hydrogens is 261 g/mol. The summed E-state index contributed by atoms with van der Waals surface area (Å²) < 4.78 is 12.8. The number of nitrogens with one attached hydrogen (secondary N) is 1. The van der Waals surface area contributed by atoms with Gasteiger partial charge in [-0.3, -0.25) is 4.79 Å². The van der Waals surface area contributed by atoms with Crippen molar-refractivity contribution in [2.24, 2.45) is 0 Å². The number of thioether (sulfide) groups is 1. The van der Waals surface area contributed by atoms with Gasteiger partial charge in [-0.2, -0.15) is 0 Å². The molecule has 1 amide bonds. The lowest BCUT2D eigenvalue weighted by Gasteiger charge is -2.16. The Bertz CT molecular complexity index is 415. The first-order chi connectivity index (χ1) is 9.15. The second kappa shape index (κ2) is 6.94. The van der Waals surface area contributed by atoms with E-state index in [2.05, 4.69) is 5.32 Å². The molecule has 4 heteroatoms. The van der Waals surface area contributed by atoms with Crippen molar-refractivity contribution in [2.45, 2.75) is 49.7 Å². The highest BCUT2D eigenvalue weighted by atomic mass is 32.2. The maximum absolute atomic E-state index is 12.8. The molecule has 0 heterocycles. The number of carbonyl (C=O) groups excluding carboxylic acids is 1. The first-order valence-electron chi connectivity index (χ1n) is 6.81. The van der Waals surface area contributed by atoms with Crippen LogP contribution in [0.25, 0.3) is 0 Å². The van der Waals surface area contributed by atoms with Crippen LogP contribution in [0.5, 0.6) is 0 Å². The molecule has 0 aromatic heterocycles. The summed E-state index contributed by atoms with van der Waals surface area (Å²) in [6.07, 6.45) is 4.67. The van der Waals surface area contributed by atoms with Gasteiger partial charge in [0, 0.05) is 11.8 Å². The van der Waals surface area contributed by atoms with Crippen LogP contribution >= 0.6 is 11.8 Å². The molecule has 0 radical (unpaired) electrons. The molecule has 1 aliphatic rings. The van der Waals surface area contributed by atoms with Crippen LogP contribution < -0.4 is 5.32 Å². The van der Waals surface area contributed by atoms with Crippen LogP contribution in [-0.4, -0.2) is 17.2 Å². The zero-order chi connectivity index (χ0) is 13.7. The number of amides is 1. The van der Waals surface area contributed by atoms with Gasteiger partial charge in [-0.05, 0) is 37.5 Å². The molecule has 0 aliphatic heterocycles. The largest absolute Gasteiger partial charge is 0.352 e. The molecule has 0 spiro atoms. The molecule has 1 aromatic rings. The van der Waals surface area contributed by atoms with Crippen molar-refractivity contribution >= 4 is 17.7 Å². The summed E-state index contributed by atoms with van der Waals surface area (Å²) in [4.78, 5) is 12.0. The first-order valence-corrected chi connectivity index (χ1v) is 7.86. The minimum absolute atomic E-state index is 0.0642. The Balaban J connectivity index is 1.75. The number of carbonyl (C=O) groups is 1. The van der Waals surface area contributed by atoms with Crippen molar-refractivity contribution in [3.63, 3.8) is 0 Å². The third-order valence-corrected chi connectivity index (χ3v) is 4.70. The summed E-state index contributed by atoms with van der Waals surface area (Å²) >= 11 is 1.59. The van der Waals surface area contributed by atoms with Gasteiger partial charge < -0.3 is 5.32 Å². The molecular formula is C15H20FNOS. The minimum atomic E-state index is -0.222. The molecule has 19 heavy (non-hydrogen) atoms. The fourth-order valence-electron chi connectivity index (χ4n) is 2.27. The predicted octanol–water partition coefficient (Wildman–Crippen LogP) is 3.51. The van der Waals surface area contributed by atoms with Crippen LogP contribution in [0.2, 0.25) is 0 Å². The van der Waals surface area contributed by atoms with Crippen LogP contribution in [0.1, 0.15) is 38.2 Å². The maximum Gasteiger partial charge on any atom is 0.233 e. The number of halogens is 1. The van der Waals surface area contributed by atoms with E-state index in [1.807, 2.05) is 6.92 Å². The zero-order valence-electron chi connectivity index (χ0n) is 11.2. The van der Waals surface area contributed by atoms with Gasteiger partial charge >= 0.3 is 0 Å². The quantitative estimate of drug-likeness (QED) is 0.895. The monoisotopic (exact) mass is 281 g/mol. The second-order valence-electron chi connectivity index (χ2n) is 5.07. The Morgan fingerprint density at radius 1 is 1.37 bits per heavy atom. The first kappa shape index (κ1) is 14.4. The fourth-order valence-corrected chi connectivity index (χ4v) is 3.12. The summed E-state index contributed by atoms with van der Waals surface area (Å²) in [6.45, 7) is 1.93. The highest BCUT2D eigenvalue weighted by Crippen LogP contribution is 2.21. The molecule has 2 nitrogen and oxygen atoms in total. The van der Waals surface area contributed by atoms with E-state index in [0.717, 1.165) is 24.2 Å². The van der Waals surface area contributed by atoms with Crippen molar-refractivity contribution in [3.8, 4) is 0 Å². The topological polar surface area (TPSA) is 29.1 Å². The third kappa shape index (κ3) is 4.53. The zero-order valence-corrected chi connectivity index (χ0v) is 12.0. The molecule has 1 N–H and O–H groups in total. The Morgan fingerprint density at radius 2 is 2.00 bits per heavy atom. The summed E-state index contributed by atoms with van der Waals surface area (Å²) in [7, 11) is 0. The van der Waals surface area contributed by atoms with Crippen molar-refractivity contribution in [1.29, 1.82) is 0 Å². The molecule has 1 aliphatic carbocycles. The number of benzene rings is 1. The van der Waals surface area contributed by atoms with Crippen molar-refractivity contribution in [1.82, 2.24) is 5.32 Å². The Hall–Kier alpha value is -1.03. The van der Waals surface area contributed by atoms with E-state index in [4.69, 9.17) is 0 Å². The average Bonchev–Trinajstić information content (AvgIpc) is 2.90. The van der Waals surface area contributed by atoms with Gasteiger partial charge in [-0.25, -0.2) is 4.39 Å². The predicted molar refractivity (Wildman–Crippen MR) is 77.6 cm³/mol. The lowest BCUT2D eigenvalue weighted by molar-refractivity contribution is -0.120. The fraction of sp³-hybridized carbons (Fsp3) is 0.533. The van der Waals surface area contributed by atoms with E-state index in [-0.39, 0.29) is 17.0 Å². The molecule has 104 valence electrons. The molecule has 1 unspecified atom stereocenters. The molecule has 0 bridgehead atoms. The van der Waals surface area contributed by atoms with E-state index >= 15 is 0 Å². The molecule has 1 aromatic carbocycles. The maximum atomic E-state index is 12.8. The Labute approximate surface area is 118 Å². The van der Waals surface area contributed by atoms with Crippen molar-refractivity contribution in [2.75, 3.05) is 0 Å². The average molecular weight is 281 g/mol. The van der Waals surface area contributed by atoms with Crippen LogP contribution in [0.3, 0.4) is 0 Å².